The van der Waals surface area contributed by atoms with Crippen LogP contribution in [-0.2, 0) is 0 Å². The fraction of sp³-hybridized carbons (Fsp3) is 0.111. The van der Waals surface area contributed by atoms with E-state index in [1.54, 1.807) is 0 Å². The molecule has 1 aromatic rings. The zero-order valence-corrected chi connectivity index (χ0v) is 9.27. The second-order valence-electron chi connectivity index (χ2n) is 3.17. The minimum atomic E-state index is -4.77. The molecule has 0 heterocycles. The van der Waals surface area contributed by atoms with Crippen LogP contribution in [0.25, 0.3) is 0 Å². The molecule has 0 aromatic heterocycles. The molecule has 0 unspecified atom stereocenters. The monoisotopic (exact) mass is 278 g/mol. The van der Waals surface area contributed by atoms with Gasteiger partial charge in [-0.15, -0.1) is 13.2 Å². The molecule has 1 rings (SSSR count). The lowest BCUT2D eigenvalue weighted by molar-refractivity contribution is -0.403. The molecule has 19 heavy (non-hydrogen) atoms. The van der Waals surface area contributed by atoms with Crippen LogP contribution in [0.5, 0.6) is 5.75 Å². The molecule has 1 aromatic carbocycles. The number of nitrogens with one attached hydrogen (secondary N) is 2. The molecule has 0 spiro atoms. The molecule has 10 heteroatoms. The maximum absolute atomic E-state index is 11.9. The molecule has 0 fully saturated rings. The summed E-state index contributed by atoms with van der Waals surface area (Å²) in [5.74, 6) is 4.49. The third kappa shape index (κ3) is 5.59. The van der Waals surface area contributed by atoms with Crippen molar-refractivity contribution >= 4 is 5.69 Å². The summed E-state index contributed by atoms with van der Waals surface area (Å²) >= 11 is 0. The van der Waals surface area contributed by atoms with E-state index in [1.807, 2.05) is 5.43 Å². The Balaban J connectivity index is 2.74. The molecular formula is C9H9F3N4O3. The first-order valence-corrected chi connectivity index (χ1v) is 4.75. The van der Waals surface area contributed by atoms with Crippen LogP contribution in [0.15, 0.2) is 36.3 Å². The van der Waals surface area contributed by atoms with E-state index in [0.29, 0.717) is 11.9 Å². The van der Waals surface area contributed by atoms with Gasteiger partial charge in [0.1, 0.15) is 5.75 Å². The number of ether oxygens (including phenoxy) is 1. The topological polar surface area (TPSA) is 102 Å². The highest BCUT2D eigenvalue weighted by atomic mass is 19.4. The second-order valence-corrected chi connectivity index (χ2v) is 3.17. The van der Waals surface area contributed by atoms with Gasteiger partial charge in [0, 0.05) is 5.69 Å². The van der Waals surface area contributed by atoms with Gasteiger partial charge < -0.3 is 15.5 Å². The number of hydrogen-bond acceptors (Lipinski definition) is 6. The van der Waals surface area contributed by atoms with Crippen LogP contribution in [0.4, 0.5) is 18.9 Å². The lowest BCUT2D eigenvalue weighted by Gasteiger charge is -2.10. The Hall–Kier alpha value is -2.49. The summed E-state index contributed by atoms with van der Waals surface area (Å²) in [4.78, 5) is 9.47. The van der Waals surface area contributed by atoms with Gasteiger partial charge in [-0.3, -0.25) is 10.1 Å². The first kappa shape index (κ1) is 14.6. The molecule has 0 aliphatic carbocycles. The van der Waals surface area contributed by atoms with Crippen LogP contribution >= 0.6 is 0 Å². The van der Waals surface area contributed by atoms with Crippen molar-refractivity contribution in [1.29, 1.82) is 0 Å². The van der Waals surface area contributed by atoms with E-state index < -0.39 is 17.0 Å². The van der Waals surface area contributed by atoms with E-state index in [-0.39, 0.29) is 5.82 Å². The number of halogens is 3. The molecule has 0 atom stereocenters. The summed E-state index contributed by atoms with van der Waals surface area (Å²) in [6, 6.07) is 4.59. The van der Waals surface area contributed by atoms with Crippen molar-refractivity contribution in [3.63, 3.8) is 0 Å². The maximum Gasteiger partial charge on any atom is 0.573 e. The van der Waals surface area contributed by atoms with Gasteiger partial charge in [-0.2, -0.15) is 0 Å². The van der Waals surface area contributed by atoms with Gasteiger partial charge in [-0.05, 0) is 24.3 Å². The minimum absolute atomic E-state index is 0.130. The number of rotatable bonds is 5. The molecule has 0 amide bonds. The Morgan fingerprint density at radius 1 is 1.37 bits per heavy atom. The normalized spacial score (nSPS) is 11.9. The van der Waals surface area contributed by atoms with Gasteiger partial charge in [0.25, 0.3) is 6.20 Å². The van der Waals surface area contributed by atoms with Crippen LogP contribution in [0.1, 0.15) is 0 Å². The third-order valence-corrected chi connectivity index (χ3v) is 1.76. The molecule has 0 aliphatic rings. The second kappa shape index (κ2) is 5.91. The molecule has 0 saturated heterocycles. The van der Waals surface area contributed by atoms with E-state index in [1.165, 1.54) is 12.1 Å². The number of nitrogens with two attached hydrogens (primary N) is 1. The van der Waals surface area contributed by atoms with Crippen LogP contribution in [-0.4, -0.2) is 11.3 Å². The van der Waals surface area contributed by atoms with E-state index in [0.717, 1.165) is 12.1 Å². The molecule has 0 saturated carbocycles. The Labute approximate surface area is 105 Å². The van der Waals surface area contributed by atoms with Crippen molar-refractivity contribution in [1.82, 2.24) is 5.43 Å². The van der Waals surface area contributed by atoms with Gasteiger partial charge in [0.15, 0.2) is 5.82 Å². The van der Waals surface area contributed by atoms with Gasteiger partial charge >= 0.3 is 6.36 Å². The Kier molecular flexibility index (Phi) is 4.53. The van der Waals surface area contributed by atoms with Crippen molar-refractivity contribution in [2.45, 2.75) is 6.36 Å². The summed E-state index contributed by atoms with van der Waals surface area (Å²) in [6.45, 7) is 0. The summed E-state index contributed by atoms with van der Waals surface area (Å²) in [5.41, 5.74) is 2.32. The average Bonchev–Trinajstić information content (AvgIpc) is 2.28. The quantitative estimate of drug-likeness (QED) is 0.429. The van der Waals surface area contributed by atoms with Crippen LogP contribution in [0, 0.1) is 10.1 Å². The number of hydrogen-bond donors (Lipinski definition) is 3. The Morgan fingerprint density at radius 3 is 2.37 bits per heavy atom. The Morgan fingerprint density at radius 2 is 1.95 bits per heavy atom. The highest BCUT2D eigenvalue weighted by Crippen LogP contribution is 2.24. The van der Waals surface area contributed by atoms with E-state index in [2.05, 4.69) is 10.1 Å². The zero-order valence-electron chi connectivity index (χ0n) is 9.27. The minimum Gasteiger partial charge on any atom is -0.406 e. The molecule has 0 aliphatic heterocycles. The maximum atomic E-state index is 11.9. The van der Waals surface area contributed by atoms with Crippen LogP contribution in [0.3, 0.4) is 0 Å². The number of benzene rings is 1. The predicted octanol–water partition coefficient (Wildman–Crippen LogP) is 1.54. The molecule has 0 radical (unpaired) electrons. The van der Waals surface area contributed by atoms with E-state index in [4.69, 9.17) is 5.84 Å². The standard InChI is InChI=1S/C9H9F3N4O3/c10-9(11,12)19-7-3-1-6(2-4-7)14-8(15-13)5-16(17)18/h1-5,14-15H,13H2/b8-5-. The van der Waals surface area contributed by atoms with Crippen molar-refractivity contribution < 1.29 is 22.8 Å². The summed E-state index contributed by atoms with van der Waals surface area (Å²) < 4.78 is 39.4. The first-order valence-electron chi connectivity index (χ1n) is 4.75. The van der Waals surface area contributed by atoms with Gasteiger partial charge in [-0.1, -0.05) is 0 Å². The summed E-state index contributed by atoms with van der Waals surface area (Å²) in [6.07, 6.45) is -4.20. The molecule has 0 bridgehead atoms. The van der Waals surface area contributed by atoms with Crippen LogP contribution < -0.4 is 21.3 Å². The molecular weight excluding hydrogens is 269 g/mol. The summed E-state index contributed by atoms with van der Waals surface area (Å²) in [5, 5.41) is 12.7. The van der Waals surface area contributed by atoms with Crippen molar-refractivity contribution in [3.05, 3.63) is 46.4 Å². The predicted molar refractivity (Wildman–Crippen MR) is 59.1 cm³/mol. The number of anilines is 1. The fourth-order valence-electron chi connectivity index (χ4n) is 1.11. The average molecular weight is 278 g/mol. The molecule has 104 valence electrons. The van der Waals surface area contributed by atoms with Crippen molar-refractivity contribution in [3.8, 4) is 5.75 Å². The number of nitrogens with zero attached hydrogens (tertiary/aromatic N) is 1. The molecule has 4 N–H and O–H groups in total. The Bertz CT molecular complexity index is 473. The number of alkyl halides is 3. The van der Waals surface area contributed by atoms with Crippen LogP contribution in [0.2, 0.25) is 0 Å². The van der Waals surface area contributed by atoms with E-state index in [9.17, 15) is 23.3 Å². The SMILES string of the molecule is NN/C(=C\[N+](=O)[O-])Nc1ccc(OC(F)(F)F)cc1. The zero-order chi connectivity index (χ0) is 14.5. The first-order chi connectivity index (χ1) is 8.80. The van der Waals surface area contributed by atoms with Gasteiger partial charge in [0.2, 0.25) is 0 Å². The fourth-order valence-corrected chi connectivity index (χ4v) is 1.11. The van der Waals surface area contributed by atoms with Gasteiger partial charge in [-0.25, -0.2) is 5.84 Å². The lowest BCUT2D eigenvalue weighted by Crippen LogP contribution is -2.27. The van der Waals surface area contributed by atoms with Crippen molar-refractivity contribution in [2.75, 3.05) is 5.32 Å². The number of nitro groups is 1. The molecule has 7 nitrogen and oxygen atoms in total. The van der Waals surface area contributed by atoms with Gasteiger partial charge in [0.05, 0.1) is 4.92 Å². The highest BCUT2D eigenvalue weighted by Gasteiger charge is 2.30. The summed E-state index contributed by atoms with van der Waals surface area (Å²) in [7, 11) is 0. The van der Waals surface area contributed by atoms with Crippen molar-refractivity contribution in [2.24, 2.45) is 5.84 Å². The highest BCUT2D eigenvalue weighted by molar-refractivity contribution is 5.49. The third-order valence-electron chi connectivity index (χ3n) is 1.76. The number of hydrazine groups is 1. The largest absolute Gasteiger partial charge is 0.573 e. The smallest absolute Gasteiger partial charge is 0.406 e. The lowest BCUT2D eigenvalue weighted by atomic mass is 10.3. The van der Waals surface area contributed by atoms with E-state index >= 15 is 0 Å².